The number of aromatic nitrogens is 2. The molecule has 7 heteroatoms. The summed E-state index contributed by atoms with van der Waals surface area (Å²) < 4.78 is 1.80. The number of thiophene rings is 1. The molecular formula is C18H13N3O2S2. The van der Waals surface area contributed by atoms with Gasteiger partial charge in [0.25, 0.3) is 5.91 Å². The molecule has 4 aromatic rings. The fourth-order valence-corrected chi connectivity index (χ4v) is 4.03. The quantitative estimate of drug-likeness (QED) is 0.537. The molecule has 1 aromatic carbocycles. The van der Waals surface area contributed by atoms with E-state index in [1.54, 1.807) is 45.4 Å². The SMILES string of the molecule is CC(=O)c1cccc(NC(=O)c2csc3nc(-c4cccs4)cn23)c1. The Balaban J connectivity index is 1.64. The summed E-state index contributed by atoms with van der Waals surface area (Å²) in [6.45, 7) is 1.50. The molecule has 0 saturated heterocycles. The number of nitrogens with one attached hydrogen (secondary N) is 1. The summed E-state index contributed by atoms with van der Waals surface area (Å²) in [7, 11) is 0. The highest BCUT2D eigenvalue weighted by Gasteiger charge is 2.16. The lowest BCUT2D eigenvalue weighted by Crippen LogP contribution is -2.14. The summed E-state index contributed by atoms with van der Waals surface area (Å²) in [5.41, 5.74) is 2.53. The van der Waals surface area contributed by atoms with Crippen molar-refractivity contribution < 1.29 is 9.59 Å². The van der Waals surface area contributed by atoms with Gasteiger partial charge in [0.2, 0.25) is 0 Å². The van der Waals surface area contributed by atoms with Crippen LogP contribution in [0.25, 0.3) is 15.5 Å². The van der Waals surface area contributed by atoms with Gasteiger partial charge < -0.3 is 5.32 Å². The number of amides is 1. The van der Waals surface area contributed by atoms with Crippen molar-refractivity contribution in [3.8, 4) is 10.6 Å². The number of fused-ring (bicyclic) bond motifs is 1. The Bertz CT molecular complexity index is 1080. The Kier molecular flexibility index (Phi) is 3.95. The fourth-order valence-electron chi connectivity index (χ4n) is 2.50. The Morgan fingerprint density at radius 3 is 2.80 bits per heavy atom. The minimum Gasteiger partial charge on any atom is -0.321 e. The van der Waals surface area contributed by atoms with Gasteiger partial charge in [0, 0.05) is 22.8 Å². The van der Waals surface area contributed by atoms with Gasteiger partial charge in [-0.3, -0.25) is 14.0 Å². The van der Waals surface area contributed by atoms with Crippen LogP contribution in [0.5, 0.6) is 0 Å². The van der Waals surface area contributed by atoms with Crippen molar-refractivity contribution in [2.45, 2.75) is 6.92 Å². The van der Waals surface area contributed by atoms with E-state index >= 15 is 0 Å². The molecule has 3 aromatic heterocycles. The number of rotatable bonds is 4. The minimum atomic E-state index is -0.234. The molecule has 3 heterocycles. The van der Waals surface area contributed by atoms with Gasteiger partial charge >= 0.3 is 0 Å². The maximum Gasteiger partial charge on any atom is 0.273 e. The van der Waals surface area contributed by atoms with Crippen molar-refractivity contribution >= 4 is 45.0 Å². The standard InChI is InChI=1S/C18H13N3O2S2/c1-11(22)12-4-2-5-13(8-12)19-17(23)15-10-25-18-20-14(9-21(15)18)16-6-3-7-24-16/h2-10H,1H3,(H,19,23). The minimum absolute atomic E-state index is 0.0378. The summed E-state index contributed by atoms with van der Waals surface area (Å²) in [6, 6.07) is 10.9. The lowest BCUT2D eigenvalue weighted by Gasteiger charge is -2.05. The van der Waals surface area contributed by atoms with E-state index in [0.29, 0.717) is 16.9 Å². The zero-order valence-corrected chi connectivity index (χ0v) is 14.9. The van der Waals surface area contributed by atoms with E-state index in [9.17, 15) is 9.59 Å². The zero-order valence-electron chi connectivity index (χ0n) is 13.2. The molecule has 0 spiro atoms. The van der Waals surface area contributed by atoms with Crippen molar-refractivity contribution in [2.24, 2.45) is 0 Å². The third-order valence-corrected chi connectivity index (χ3v) is 5.47. The summed E-state index contributed by atoms with van der Waals surface area (Å²) in [5, 5.41) is 6.63. The molecule has 0 aliphatic heterocycles. The Morgan fingerprint density at radius 1 is 1.16 bits per heavy atom. The summed E-state index contributed by atoms with van der Waals surface area (Å²) in [5.74, 6) is -0.272. The normalized spacial score (nSPS) is 10.9. The van der Waals surface area contributed by atoms with Crippen molar-refractivity contribution in [1.82, 2.24) is 9.38 Å². The van der Waals surface area contributed by atoms with E-state index in [-0.39, 0.29) is 11.7 Å². The van der Waals surface area contributed by atoms with Crippen molar-refractivity contribution in [1.29, 1.82) is 0 Å². The lowest BCUT2D eigenvalue weighted by atomic mass is 10.1. The predicted octanol–water partition coefficient (Wildman–Crippen LogP) is 4.58. The Hall–Kier alpha value is -2.77. The number of imidazole rings is 1. The first-order chi connectivity index (χ1) is 12.1. The molecule has 124 valence electrons. The maximum absolute atomic E-state index is 12.6. The van der Waals surface area contributed by atoms with Crippen LogP contribution in [0.1, 0.15) is 27.8 Å². The molecule has 0 aliphatic carbocycles. The first-order valence-electron chi connectivity index (χ1n) is 7.54. The number of carbonyl (C=O) groups is 2. The molecule has 25 heavy (non-hydrogen) atoms. The predicted molar refractivity (Wildman–Crippen MR) is 101 cm³/mol. The number of anilines is 1. The molecular weight excluding hydrogens is 354 g/mol. The molecule has 1 amide bonds. The average molecular weight is 367 g/mol. The van der Waals surface area contributed by atoms with E-state index in [1.165, 1.54) is 18.3 Å². The van der Waals surface area contributed by atoms with Gasteiger partial charge in [-0.1, -0.05) is 18.2 Å². The van der Waals surface area contributed by atoms with Gasteiger partial charge in [-0.15, -0.1) is 22.7 Å². The van der Waals surface area contributed by atoms with Crippen LogP contribution in [0.4, 0.5) is 5.69 Å². The van der Waals surface area contributed by atoms with E-state index in [2.05, 4.69) is 10.3 Å². The highest BCUT2D eigenvalue weighted by molar-refractivity contribution is 7.15. The van der Waals surface area contributed by atoms with Gasteiger partial charge in [-0.2, -0.15) is 0 Å². The van der Waals surface area contributed by atoms with Crippen LogP contribution in [-0.2, 0) is 0 Å². The summed E-state index contributed by atoms with van der Waals surface area (Å²) in [4.78, 5) is 30.5. The molecule has 1 N–H and O–H groups in total. The van der Waals surface area contributed by atoms with Crippen LogP contribution >= 0.6 is 22.7 Å². The largest absolute Gasteiger partial charge is 0.321 e. The number of Topliss-reactive ketones (excluding diaryl/α,β-unsaturated/α-hetero) is 1. The second kappa shape index (κ2) is 6.27. The van der Waals surface area contributed by atoms with Gasteiger partial charge in [-0.25, -0.2) is 4.98 Å². The molecule has 0 bridgehead atoms. The summed E-state index contributed by atoms with van der Waals surface area (Å²) >= 11 is 3.03. The molecule has 5 nitrogen and oxygen atoms in total. The first kappa shape index (κ1) is 15.7. The number of thiazole rings is 1. The van der Waals surface area contributed by atoms with Gasteiger partial charge in [0.15, 0.2) is 10.7 Å². The van der Waals surface area contributed by atoms with Crippen molar-refractivity contribution in [3.05, 3.63) is 64.6 Å². The molecule has 0 fully saturated rings. The fraction of sp³-hybridized carbons (Fsp3) is 0.0556. The van der Waals surface area contributed by atoms with Crippen molar-refractivity contribution in [2.75, 3.05) is 5.32 Å². The number of ketones is 1. The average Bonchev–Trinajstić information content (AvgIpc) is 3.31. The number of carbonyl (C=O) groups excluding carboxylic acids is 2. The van der Waals surface area contributed by atoms with Gasteiger partial charge in [0.05, 0.1) is 4.88 Å². The smallest absolute Gasteiger partial charge is 0.273 e. The lowest BCUT2D eigenvalue weighted by molar-refractivity contribution is 0.100. The van der Waals surface area contributed by atoms with Crippen LogP contribution in [0.15, 0.2) is 53.4 Å². The van der Waals surface area contributed by atoms with Crippen LogP contribution in [0.2, 0.25) is 0 Å². The molecule has 0 atom stereocenters. The number of nitrogens with zero attached hydrogens (tertiary/aromatic N) is 2. The number of benzene rings is 1. The van der Waals surface area contributed by atoms with Crippen molar-refractivity contribution in [3.63, 3.8) is 0 Å². The summed E-state index contributed by atoms with van der Waals surface area (Å²) in [6.07, 6.45) is 1.87. The molecule has 0 aliphatic rings. The zero-order chi connectivity index (χ0) is 17.4. The number of hydrogen-bond acceptors (Lipinski definition) is 5. The van der Waals surface area contributed by atoms with E-state index in [0.717, 1.165) is 15.5 Å². The number of hydrogen-bond donors (Lipinski definition) is 1. The topological polar surface area (TPSA) is 63.5 Å². The maximum atomic E-state index is 12.6. The second-order valence-corrected chi connectivity index (χ2v) is 7.25. The second-order valence-electron chi connectivity index (χ2n) is 5.47. The third-order valence-electron chi connectivity index (χ3n) is 3.74. The third kappa shape index (κ3) is 2.99. The van der Waals surface area contributed by atoms with Crippen LogP contribution in [0, 0.1) is 0 Å². The van der Waals surface area contributed by atoms with Gasteiger partial charge in [0.1, 0.15) is 11.4 Å². The monoisotopic (exact) mass is 367 g/mol. The highest BCUT2D eigenvalue weighted by atomic mass is 32.1. The molecule has 4 rings (SSSR count). The van der Waals surface area contributed by atoms with E-state index < -0.39 is 0 Å². The van der Waals surface area contributed by atoms with E-state index in [1.807, 2.05) is 23.7 Å². The van der Waals surface area contributed by atoms with Crippen LogP contribution < -0.4 is 5.32 Å². The van der Waals surface area contributed by atoms with Crippen LogP contribution in [0.3, 0.4) is 0 Å². The highest BCUT2D eigenvalue weighted by Crippen LogP contribution is 2.27. The Labute approximate surface area is 151 Å². The molecule has 0 saturated carbocycles. The Morgan fingerprint density at radius 2 is 2.04 bits per heavy atom. The first-order valence-corrected chi connectivity index (χ1v) is 9.30. The molecule has 0 unspecified atom stereocenters. The van der Waals surface area contributed by atoms with Crippen LogP contribution in [-0.4, -0.2) is 21.1 Å². The molecule has 0 radical (unpaired) electrons. The van der Waals surface area contributed by atoms with E-state index in [4.69, 9.17) is 0 Å². The van der Waals surface area contributed by atoms with Gasteiger partial charge in [-0.05, 0) is 30.5 Å².